The number of nitrogen functional groups attached to an aromatic ring is 1. The molecule has 0 bridgehead atoms. The van der Waals surface area contributed by atoms with Gasteiger partial charge in [0.25, 0.3) is 11.8 Å². The average molecular weight is 536 g/mol. The lowest BCUT2D eigenvalue weighted by Crippen LogP contribution is -2.74. The third kappa shape index (κ3) is 6.43. The number of oxime groups is 1. The van der Waals surface area contributed by atoms with Gasteiger partial charge in [0.1, 0.15) is 17.3 Å². The summed E-state index contributed by atoms with van der Waals surface area (Å²) >= 11 is 0.947. The first-order chi connectivity index (χ1) is 15.9. The molecule has 1 aromatic rings. The van der Waals surface area contributed by atoms with Crippen LogP contribution in [0.5, 0.6) is 0 Å². The molecule has 35 heavy (non-hydrogen) atoms. The number of methoxy groups -OCH3 is 1. The molecule has 1 aliphatic heterocycles. The maximum Gasteiger partial charge on any atom is 0.363 e. The van der Waals surface area contributed by atoms with Crippen molar-refractivity contribution in [3.8, 4) is 0 Å². The molecule has 1 aliphatic rings. The number of carbonyl (C=O) groups excluding carboxylic acids is 4. The summed E-state index contributed by atoms with van der Waals surface area (Å²) in [6.45, 7) is 7.60. The summed E-state index contributed by atoms with van der Waals surface area (Å²) in [5.41, 5.74) is 2.47. The fourth-order valence-electron chi connectivity index (χ4n) is 2.62. The molecule has 0 radical (unpaired) electrons. The van der Waals surface area contributed by atoms with Crippen LogP contribution in [0.2, 0.25) is 0 Å². The van der Waals surface area contributed by atoms with Crippen LogP contribution in [0.4, 0.5) is 5.13 Å². The van der Waals surface area contributed by atoms with Crippen LogP contribution in [0.1, 0.15) is 40.3 Å². The van der Waals surface area contributed by atoms with Crippen molar-refractivity contribution in [2.45, 2.75) is 57.9 Å². The third-order valence-corrected chi connectivity index (χ3v) is 5.84. The Hall–Kier alpha value is -3.31. The molecule has 17 heteroatoms. The summed E-state index contributed by atoms with van der Waals surface area (Å²) < 4.78 is 41.7. The number of nitrogens with two attached hydrogens (primary N) is 1. The maximum absolute atomic E-state index is 13.0. The zero-order chi connectivity index (χ0) is 26.9. The summed E-state index contributed by atoms with van der Waals surface area (Å²) in [5.74, 6) is -4.44. The van der Waals surface area contributed by atoms with Crippen molar-refractivity contribution >= 4 is 56.2 Å². The van der Waals surface area contributed by atoms with Gasteiger partial charge in [-0.25, -0.2) is 14.6 Å². The number of nitrogens with zero attached hydrogens (tertiary/aromatic N) is 3. The molecule has 1 fully saturated rings. The third-order valence-electron chi connectivity index (χ3n) is 4.26. The van der Waals surface area contributed by atoms with Gasteiger partial charge in [-0.3, -0.25) is 14.1 Å². The number of ether oxygens (including phenoxy) is 2. The SMILES string of the molecule is COC(=O)C1C(NC(=O)C(=NOC(C)(C)C(=O)OC(C)(C)C)c2csc(N)n2)C(=O)N1S(=O)(=O)O. The molecule has 1 aromatic heterocycles. The molecule has 0 aromatic carbocycles. The van der Waals surface area contributed by atoms with E-state index in [1.165, 1.54) is 19.2 Å². The van der Waals surface area contributed by atoms with Gasteiger partial charge < -0.3 is 25.4 Å². The Kier molecular flexibility index (Phi) is 7.78. The van der Waals surface area contributed by atoms with E-state index in [-0.39, 0.29) is 15.1 Å². The van der Waals surface area contributed by atoms with E-state index in [0.717, 1.165) is 18.4 Å². The number of amides is 2. The van der Waals surface area contributed by atoms with Gasteiger partial charge in [-0.1, -0.05) is 5.16 Å². The Bertz CT molecular complexity index is 1170. The van der Waals surface area contributed by atoms with E-state index in [1.54, 1.807) is 20.8 Å². The molecule has 2 heterocycles. The predicted octanol–water partition coefficient (Wildman–Crippen LogP) is -0.762. The summed E-state index contributed by atoms with van der Waals surface area (Å²) in [6.07, 6.45) is 0. The lowest BCUT2D eigenvalue weighted by atomic mass is 9.98. The summed E-state index contributed by atoms with van der Waals surface area (Å²) in [6, 6.07) is -3.59. The normalized spacial score (nSPS) is 19.0. The summed E-state index contributed by atoms with van der Waals surface area (Å²) in [4.78, 5) is 58.9. The zero-order valence-electron chi connectivity index (χ0n) is 19.6. The molecular weight excluding hydrogens is 510 g/mol. The first-order valence-corrected chi connectivity index (χ1v) is 12.1. The van der Waals surface area contributed by atoms with Crippen molar-refractivity contribution in [3.05, 3.63) is 11.1 Å². The Balaban J connectivity index is 2.35. The van der Waals surface area contributed by atoms with Crippen molar-refractivity contribution < 1.29 is 46.5 Å². The van der Waals surface area contributed by atoms with Crippen molar-refractivity contribution in [2.75, 3.05) is 12.8 Å². The highest BCUT2D eigenvalue weighted by Crippen LogP contribution is 2.25. The Morgan fingerprint density at radius 2 is 1.86 bits per heavy atom. The molecule has 194 valence electrons. The van der Waals surface area contributed by atoms with E-state index in [1.807, 2.05) is 0 Å². The topological polar surface area (TPSA) is 217 Å². The highest BCUT2D eigenvalue weighted by molar-refractivity contribution is 7.84. The van der Waals surface area contributed by atoms with Gasteiger partial charge in [-0.2, -0.15) is 12.7 Å². The average Bonchev–Trinajstić information content (AvgIpc) is 3.12. The number of anilines is 1. The van der Waals surface area contributed by atoms with Crippen LogP contribution in [0.3, 0.4) is 0 Å². The standard InChI is InChI=1S/C18H25N5O10S2/c1-17(2,3)32-15(27)18(4,5)33-22-9(8-7-34-16(19)20-8)12(24)21-10-11(14(26)31-6)23(13(10)25)35(28,29)30/h7,10-11H,1-6H3,(H2,19,20)(H,21,24)(H,28,29,30). The predicted molar refractivity (Wildman–Crippen MR) is 120 cm³/mol. The minimum atomic E-state index is -5.11. The molecule has 0 spiro atoms. The fraction of sp³-hybridized carbons (Fsp3) is 0.556. The van der Waals surface area contributed by atoms with Gasteiger partial charge in [0, 0.05) is 5.38 Å². The number of hydrogen-bond donors (Lipinski definition) is 3. The van der Waals surface area contributed by atoms with E-state index in [2.05, 4.69) is 20.2 Å². The van der Waals surface area contributed by atoms with E-state index < -0.39 is 63.1 Å². The Morgan fingerprint density at radius 3 is 2.31 bits per heavy atom. The number of carbonyl (C=O) groups is 4. The highest BCUT2D eigenvalue weighted by atomic mass is 32.2. The van der Waals surface area contributed by atoms with Crippen LogP contribution in [0.25, 0.3) is 0 Å². The molecule has 0 aliphatic carbocycles. The van der Waals surface area contributed by atoms with Gasteiger partial charge in [-0.05, 0) is 34.6 Å². The number of nitrogens with one attached hydrogen (secondary N) is 1. The van der Waals surface area contributed by atoms with Crippen LogP contribution in [-0.4, -0.2) is 82.1 Å². The number of rotatable bonds is 8. The fourth-order valence-corrected chi connectivity index (χ4v) is 4.00. The number of esters is 2. The quantitative estimate of drug-likeness (QED) is 0.123. The van der Waals surface area contributed by atoms with Gasteiger partial charge in [-0.15, -0.1) is 11.3 Å². The highest BCUT2D eigenvalue weighted by Gasteiger charge is 2.58. The van der Waals surface area contributed by atoms with Gasteiger partial charge in [0.2, 0.25) is 5.60 Å². The second-order valence-electron chi connectivity index (χ2n) is 8.65. The van der Waals surface area contributed by atoms with Crippen LogP contribution in [-0.2, 0) is 43.8 Å². The minimum Gasteiger partial charge on any atom is -0.467 e. The molecule has 4 N–H and O–H groups in total. The van der Waals surface area contributed by atoms with E-state index in [0.29, 0.717) is 0 Å². The first-order valence-electron chi connectivity index (χ1n) is 9.79. The summed E-state index contributed by atoms with van der Waals surface area (Å²) in [5, 5.41) is 7.23. The van der Waals surface area contributed by atoms with Crippen molar-refractivity contribution in [2.24, 2.45) is 5.16 Å². The second kappa shape index (κ2) is 9.74. The van der Waals surface area contributed by atoms with Gasteiger partial charge >= 0.3 is 22.2 Å². The Morgan fingerprint density at radius 1 is 1.26 bits per heavy atom. The second-order valence-corrected chi connectivity index (χ2v) is 10.8. The van der Waals surface area contributed by atoms with Crippen molar-refractivity contribution in [1.29, 1.82) is 0 Å². The number of hydrogen-bond acceptors (Lipinski definition) is 13. The lowest BCUT2D eigenvalue weighted by molar-refractivity contribution is -0.179. The monoisotopic (exact) mass is 535 g/mol. The molecule has 15 nitrogen and oxygen atoms in total. The largest absolute Gasteiger partial charge is 0.467 e. The molecule has 0 saturated carbocycles. The molecule has 2 unspecified atom stereocenters. The van der Waals surface area contributed by atoms with E-state index >= 15 is 0 Å². The van der Waals surface area contributed by atoms with Crippen LogP contribution in [0.15, 0.2) is 10.5 Å². The van der Waals surface area contributed by atoms with E-state index in [4.69, 9.17) is 15.3 Å². The van der Waals surface area contributed by atoms with Crippen LogP contribution < -0.4 is 11.1 Å². The molecule has 2 amide bonds. The van der Waals surface area contributed by atoms with Crippen LogP contribution >= 0.6 is 11.3 Å². The number of aromatic nitrogens is 1. The van der Waals surface area contributed by atoms with Crippen molar-refractivity contribution in [3.63, 3.8) is 0 Å². The molecular formula is C18H25N5O10S2. The van der Waals surface area contributed by atoms with Crippen LogP contribution in [0, 0.1) is 0 Å². The van der Waals surface area contributed by atoms with Gasteiger partial charge in [0.05, 0.1) is 7.11 Å². The van der Waals surface area contributed by atoms with Crippen molar-refractivity contribution in [1.82, 2.24) is 14.6 Å². The maximum atomic E-state index is 13.0. The molecule has 1 saturated heterocycles. The lowest BCUT2D eigenvalue weighted by Gasteiger charge is -2.41. The number of β-lactam (4-membered cyclic amide) rings is 1. The molecule has 2 rings (SSSR count). The first kappa shape index (κ1) is 27.9. The smallest absolute Gasteiger partial charge is 0.363 e. The molecule has 2 atom stereocenters. The Labute approximate surface area is 204 Å². The van der Waals surface area contributed by atoms with Gasteiger partial charge in [0.15, 0.2) is 16.9 Å². The minimum absolute atomic E-state index is 0.0524. The van der Waals surface area contributed by atoms with E-state index in [9.17, 15) is 32.1 Å². The summed E-state index contributed by atoms with van der Waals surface area (Å²) in [7, 11) is -4.19. The zero-order valence-corrected chi connectivity index (χ0v) is 21.2. The number of thiazole rings is 1.